The molecule has 1 heterocycles. The highest BCUT2D eigenvalue weighted by Crippen LogP contribution is 2.16. The van der Waals surface area contributed by atoms with Crippen molar-refractivity contribution in [1.82, 2.24) is 10.6 Å². The minimum atomic E-state index is 0. The fourth-order valence-corrected chi connectivity index (χ4v) is 3.12. The van der Waals surface area contributed by atoms with Crippen LogP contribution in [-0.4, -0.2) is 30.8 Å². The number of hydrogen-bond acceptors (Lipinski definition) is 3. The zero-order chi connectivity index (χ0) is 13.5. The third kappa shape index (κ3) is 6.35. The van der Waals surface area contributed by atoms with Crippen LogP contribution in [0.2, 0.25) is 5.02 Å². The molecule has 2 N–H and O–H groups in total. The molecule has 112 valence electrons. The van der Waals surface area contributed by atoms with Crippen molar-refractivity contribution < 1.29 is 4.79 Å². The molecule has 1 aromatic rings. The molecule has 1 aliphatic rings. The molecule has 0 unspecified atom stereocenters. The fourth-order valence-electron chi connectivity index (χ4n) is 2.12. The molecular weight excluding hydrogens is 315 g/mol. The number of nitrogens with one attached hydrogen (secondary N) is 2. The number of amides is 1. The van der Waals surface area contributed by atoms with Gasteiger partial charge in [-0.2, -0.15) is 0 Å². The number of carbonyl (C=O) groups excluding carboxylic acids is 1. The zero-order valence-electron chi connectivity index (χ0n) is 11.2. The molecule has 1 fully saturated rings. The smallest absolute Gasteiger partial charge is 0.230 e. The van der Waals surface area contributed by atoms with E-state index in [1.165, 1.54) is 0 Å². The van der Waals surface area contributed by atoms with E-state index in [1.807, 2.05) is 24.3 Å². The summed E-state index contributed by atoms with van der Waals surface area (Å²) in [6, 6.07) is 8.12. The molecule has 0 spiro atoms. The number of carbonyl (C=O) groups is 1. The second kappa shape index (κ2) is 9.50. The van der Waals surface area contributed by atoms with Gasteiger partial charge in [-0.25, -0.2) is 0 Å². The Balaban J connectivity index is 0.00000200. The summed E-state index contributed by atoms with van der Waals surface area (Å²) in [5.41, 5.74) is 1.16. The number of thioether (sulfide) groups is 1. The Hall–Kier alpha value is -0.420. The summed E-state index contributed by atoms with van der Waals surface area (Å²) in [7, 11) is 0. The Morgan fingerprint density at radius 1 is 1.40 bits per heavy atom. The van der Waals surface area contributed by atoms with Crippen LogP contribution in [-0.2, 0) is 10.5 Å². The van der Waals surface area contributed by atoms with Gasteiger partial charge in [-0.1, -0.05) is 23.7 Å². The fraction of sp³-hybridized carbons (Fsp3) is 0.500. The van der Waals surface area contributed by atoms with Crippen LogP contribution in [0.4, 0.5) is 0 Å². The third-order valence-corrected chi connectivity index (χ3v) is 4.33. The molecule has 3 nitrogen and oxygen atoms in total. The molecule has 0 saturated carbocycles. The maximum atomic E-state index is 11.8. The summed E-state index contributed by atoms with van der Waals surface area (Å²) in [5.74, 6) is 1.47. The van der Waals surface area contributed by atoms with E-state index in [0.717, 1.165) is 42.3 Å². The first-order chi connectivity index (χ1) is 9.24. The molecule has 1 amide bonds. The predicted octanol–water partition coefficient (Wildman–Crippen LogP) is 2.86. The third-order valence-electron chi connectivity index (χ3n) is 3.10. The number of hydrogen-bond donors (Lipinski definition) is 2. The first kappa shape index (κ1) is 17.6. The van der Waals surface area contributed by atoms with Gasteiger partial charge in [0, 0.05) is 16.8 Å². The van der Waals surface area contributed by atoms with E-state index in [2.05, 4.69) is 10.6 Å². The maximum absolute atomic E-state index is 11.8. The van der Waals surface area contributed by atoms with Gasteiger partial charge in [0.15, 0.2) is 0 Å². The summed E-state index contributed by atoms with van der Waals surface area (Å²) in [6.45, 7) is 2.00. The van der Waals surface area contributed by atoms with Crippen molar-refractivity contribution in [3.8, 4) is 0 Å². The van der Waals surface area contributed by atoms with Crippen LogP contribution in [0.5, 0.6) is 0 Å². The van der Waals surface area contributed by atoms with Gasteiger partial charge in [0.1, 0.15) is 0 Å². The zero-order valence-corrected chi connectivity index (χ0v) is 13.6. The van der Waals surface area contributed by atoms with E-state index < -0.39 is 0 Å². The summed E-state index contributed by atoms with van der Waals surface area (Å²) < 4.78 is 0. The van der Waals surface area contributed by atoms with Crippen molar-refractivity contribution in [1.29, 1.82) is 0 Å². The lowest BCUT2D eigenvalue weighted by Crippen LogP contribution is -2.43. The summed E-state index contributed by atoms with van der Waals surface area (Å²) in [6.07, 6.45) is 2.06. The van der Waals surface area contributed by atoms with Gasteiger partial charge in [0.25, 0.3) is 0 Å². The average Bonchev–Trinajstić information content (AvgIpc) is 2.40. The normalized spacial score (nSPS) is 15.4. The minimum Gasteiger partial charge on any atom is -0.353 e. The minimum absolute atomic E-state index is 0. The Morgan fingerprint density at radius 2 is 2.15 bits per heavy atom. The first-order valence-corrected chi connectivity index (χ1v) is 8.09. The van der Waals surface area contributed by atoms with Crippen LogP contribution in [0.1, 0.15) is 18.4 Å². The Morgan fingerprint density at radius 3 is 2.85 bits per heavy atom. The van der Waals surface area contributed by atoms with Crippen molar-refractivity contribution in [2.75, 3.05) is 18.8 Å². The van der Waals surface area contributed by atoms with Crippen LogP contribution in [0.25, 0.3) is 0 Å². The topological polar surface area (TPSA) is 41.1 Å². The van der Waals surface area contributed by atoms with Crippen molar-refractivity contribution in [2.24, 2.45) is 0 Å². The van der Waals surface area contributed by atoms with Crippen molar-refractivity contribution >= 4 is 41.7 Å². The van der Waals surface area contributed by atoms with E-state index in [1.54, 1.807) is 11.8 Å². The number of benzene rings is 1. The lowest BCUT2D eigenvalue weighted by molar-refractivity contribution is -0.119. The van der Waals surface area contributed by atoms with Gasteiger partial charge < -0.3 is 10.6 Å². The van der Waals surface area contributed by atoms with Gasteiger partial charge in [0.05, 0.1) is 5.75 Å². The van der Waals surface area contributed by atoms with E-state index >= 15 is 0 Å². The molecule has 0 bridgehead atoms. The highest BCUT2D eigenvalue weighted by Gasteiger charge is 2.14. The second-order valence-corrected chi connectivity index (χ2v) is 6.14. The van der Waals surface area contributed by atoms with E-state index in [9.17, 15) is 4.79 Å². The van der Waals surface area contributed by atoms with Gasteiger partial charge in [-0.3, -0.25) is 4.79 Å². The number of rotatable bonds is 5. The van der Waals surface area contributed by atoms with E-state index in [4.69, 9.17) is 11.6 Å². The highest BCUT2D eigenvalue weighted by atomic mass is 35.5. The quantitative estimate of drug-likeness (QED) is 0.869. The average molecular weight is 335 g/mol. The van der Waals surface area contributed by atoms with Gasteiger partial charge in [-0.05, 0) is 43.6 Å². The number of halogens is 2. The van der Waals surface area contributed by atoms with Crippen LogP contribution in [0.15, 0.2) is 24.3 Å². The molecule has 1 aliphatic heterocycles. The molecule has 0 radical (unpaired) electrons. The van der Waals surface area contributed by atoms with E-state index in [-0.39, 0.29) is 18.3 Å². The molecule has 1 saturated heterocycles. The molecule has 0 aliphatic carbocycles. The second-order valence-electron chi connectivity index (χ2n) is 4.71. The molecule has 0 atom stereocenters. The van der Waals surface area contributed by atoms with Gasteiger partial charge >= 0.3 is 0 Å². The molecular formula is C14H20Cl2N2OS. The van der Waals surface area contributed by atoms with Gasteiger partial charge in [-0.15, -0.1) is 24.2 Å². The maximum Gasteiger partial charge on any atom is 0.230 e. The standard InChI is InChI=1S/C14H19ClN2OS.ClH/c15-12-3-1-2-11(8-12)9-19-10-14(18)17-13-4-6-16-7-5-13;/h1-3,8,13,16H,4-7,9-10H2,(H,17,18);1H. The predicted molar refractivity (Wildman–Crippen MR) is 88.9 cm³/mol. The lowest BCUT2D eigenvalue weighted by atomic mass is 10.1. The monoisotopic (exact) mass is 334 g/mol. The van der Waals surface area contributed by atoms with Crippen molar-refractivity contribution in [3.05, 3.63) is 34.9 Å². The first-order valence-electron chi connectivity index (χ1n) is 6.56. The van der Waals surface area contributed by atoms with Crippen LogP contribution in [0.3, 0.4) is 0 Å². The summed E-state index contributed by atoms with van der Waals surface area (Å²) in [5, 5.41) is 7.13. The highest BCUT2D eigenvalue weighted by molar-refractivity contribution is 7.99. The summed E-state index contributed by atoms with van der Waals surface area (Å²) >= 11 is 7.55. The van der Waals surface area contributed by atoms with Crippen LogP contribution >= 0.6 is 35.8 Å². The van der Waals surface area contributed by atoms with E-state index in [0.29, 0.717) is 11.8 Å². The van der Waals surface area contributed by atoms with Crippen molar-refractivity contribution in [2.45, 2.75) is 24.6 Å². The molecule has 20 heavy (non-hydrogen) atoms. The van der Waals surface area contributed by atoms with Gasteiger partial charge in [0.2, 0.25) is 5.91 Å². The molecule has 0 aromatic heterocycles. The Kier molecular flexibility index (Phi) is 8.38. The Bertz CT molecular complexity index is 425. The molecule has 6 heteroatoms. The number of piperidine rings is 1. The molecule has 2 rings (SSSR count). The van der Waals surface area contributed by atoms with Crippen molar-refractivity contribution in [3.63, 3.8) is 0 Å². The Labute approximate surface area is 135 Å². The summed E-state index contributed by atoms with van der Waals surface area (Å²) in [4.78, 5) is 11.8. The SMILES string of the molecule is Cl.O=C(CSCc1cccc(Cl)c1)NC1CCNCC1. The van der Waals surface area contributed by atoms with Crippen LogP contribution in [0, 0.1) is 0 Å². The molecule has 1 aromatic carbocycles. The van der Waals surface area contributed by atoms with Crippen LogP contribution < -0.4 is 10.6 Å². The largest absolute Gasteiger partial charge is 0.353 e. The lowest BCUT2D eigenvalue weighted by Gasteiger charge is -2.23.